The van der Waals surface area contributed by atoms with Gasteiger partial charge in [-0.2, -0.15) is 0 Å². The number of nitrogens with zero attached hydrogens (tertiary/aromatic N) is 1. The zero-order valence-electron chi connectivity index (χ0n) is 10.3. The smallest absolute Gasteiger partial charge is 0.0684 e. The number of aromatic nitrogens is 1. The van der Waals surface area contributed by atoms with Crippen molar-refractivity contribution in [1.82, 2.24) is 10.3 Å². The first-order valence-corrected chi connectivity index (χ1v) is 7.81. The summed E-state index contributed by atoms with van der Waals surface area (Å²) in [6.07, 6.45) is 1.80. The Morgan fingerprint density at radius 1 is 1.26 bits per heavy atom. The lowest BCUT2D eigenvalue weighted by atomic mass is 10.1. The SMILES string of the molecule is CC(NCc1ncc(Br)cc1Br)c1ccc(Cl)cc1. The predicted molar refractivity (Wildman–Crippen MR) is 86.3 cm³/mol. The third-order valence-electron chi connectivity index (χ3n) is 2.83. The molecule has 0 aliphatic rings. The van der Waals surface area contributed by atoms with E-state index in [-0.39, 0.29) is 6.04 Å². The van der Waals surface area contributed by atoms with Crippen LogP contribution in [0.25, 0.3) is 0 Å². The van der Waals surface area contributed by atoms with Gasteiger partial charge in [-0.25, -0.2) is 0 Å². The van der Waals surface area contributed by atoms with Crippen LogP contribution in [0.1, 0.15) is 24.2 Å². The molecule has 1 aromatic carbocycles. The second-order valence-corrected chi connectivity index (χ2v) is 6.44. The number of benzene rings is 1. The van der Waals surface area contributed by atoms with E-state index in [4.69, 9.17) is 11.6 Å². The second kappa shape index (κ2) is 6.84. The molecule has 0 amide bonds. The van der Waals surface area contributed by atoms with Crippen LogP contribution in [0.4, 0.5) is 0 Å². The molecular formula is C14H13Br2ClN2. The summed E-state index contributed by atoms with van der Waals surface area (Å²) < 4.78 is 1.96. The number of hydrogen-bond acceptors (Lipinski definition) is 2. The molecule has 100 valence electrons. The second-order valence-electron chi connectivity index (χ2n) is 4.24. The van der Waals surface area contributed by atoms with Crippen LogP contribution in [0.3, 0.4) is 0 Å². The van der Waals surface area contributed by atoms with Crippen molar-refractivity contribution in [2.24, 2.45) is 0 Å². The van der Waals surface area contributed by atoms with Crippen molar-refractivity contribution in [3.63, 3.8) is 0 Å². The fourth-order valence-corrected chi connectivity index (χ4v) is 2.95. The largest absolute Gasteiger partial charge is 0.305 e. The molecule has 0 bridgehead atoms. The summed E-state index contributed by atoms with van der Waals surface area (Å²) in [7, 11) is 0. The molecule has 0 saturated carbocycles. The van der Waals surface area contributed by atoms with Gasteiger partial charge in [0, 0.05) is 32.8 Å². The molecule has 1 atom stereocenters. The highest BCUT2D eigenvalue weighted by Gasteiger charge is 2.07. The van der Waals surface area contributed by atoms with E-state index < -0.39 is 0 Å². The van der Waals surface area contributed by atoms with Crippen molar-refractivity contribution in [3.8, 4) is 0 Å². The van der Waals surface area contributed by atoms with E-state index in [1.807, 2.05) is 30.3 Å². The van der Waals surface area contributed by atoms with Crippen LogP contribution in [0.2, 0.25) is 5.02 Å². The van der Waals surface area contributed by atoms with Crippen LogP contribution in [0, 0.1) is 0 Å². The standard InChI is InChI=1S/C14H13Br2ClN2/c1-9(10-2-4-12(17)5-3-10)18-8-14-13(16)6-11(15)7-19-14/h2-7,9,18H,8H2,1H3. The van der Waals surface area contributed by atoms with Crippen LogP contribution in [0.5, 0.6) is 0 Å². The molecule has 19 heavy (non-hydrogen) atoms. The summed E-state index contributed by atoms with van der Waals surface area (Å²) in [5.74, 6) is 0. The Bertz CT molecular complexity index is 558. The molecule has 0 spiro atoms. The van der Waals surface area contributed by atoms with Crippen molar-refractivity contribution in [2.75, 3.05) is 0 Å². The Hall–Kier alpha value is -0.420. The van der Waals surface area contributed by atoms with Gasteiger partial charge in [-0.05, 0) is 62.5 Å². The highest BCUT2D eigenvalue weighted by atomic mass is 79.9. The maximum absolute atomic E-state index is 5.88. The number of nitrogens with one attached hydrogen (secondary N) is 1. The Balaban J connectivity index is 2.00. The minimum atomic E-state index is 0.245. The van der Waals surface area contributed by atoms with Crippen LogP contribution < -0.4 is 5.32 Å². The minimum absolute atomic E-state index is 0.245. The Morgan fingerprint density at radius 3 is 2.58 bits per heavy atom. The maximum atomic E-state index is 5.88. The molecule has 2 aromatic rings. The number of halogens is 3. The monoisotopic (exact) mass is 402 g/mol. The van der Waals surface area contributed by atoms with Crippen molar-refractivity contribution in [1.29, 1.82) is 0 Å². The molecule has 5 heteroatoms. The molecule has 1 aromatic heterocycles. The molecule has 0 fully saturated rings. The molecule has 0 aliphatic carbocycles. The van der Waals surface area contributed by atoms with Gasteiger partial charge in [-0.1, -0.05) is 23.7 Å². The zero-order chi connectivity index (χ0) is 13.8. The fourth-order valence-electron chi connectivity index (χ4n) is 1.69. The van der Waals surface area contributed by atoms with Gasteiger partial charge in [-0.3, -0.25) is 4.98 Å². The summed E-state index contributed by atoms with van der Waals surface area (Å²) >= 11 is 12.8. The van der Waals surface area contributed by atoms with Crippen molar-refractivity contribution in [3.05, 3.63) is 61.8 Å². The van der Waals surface area contributed by atoms with E-state index in [0.29, 0.717) is 6.54 Å². The van der Waals surface area contributed by atoms with Gasteiger partial charge < -0.3 is 5.32 Å². The molecule has 1 unspecified atom stereocenters. The van der Waals surface area contributed by atoms with Gasteiger partial charge in [0.25, 0.3) is 0 Å². The van der Waals surface area contributed by atoms with Gasteiger partial charge in [-0.15, -0.1) is 0 Å². The highest BCUT2D eigenvalue weighted by Crippen LogP contribution is 2.21. The van der Waals surface area contributed by atoms with Gasteiger partial charge in [0.2, 0.25) is 0 Å². The van der Waals surface area contributed by atoms with Crippen LogP contribution in [0.15, 0.2) is 45.5 Å². The van der Waals surface area contributed by atoms with Crippen LogP contribution in [-0.2, 0) is 6.54 Å². The number of hydrogen-bond donors (Lipinski definition) is 1. The highest BCUT2D eigenvalue weighted by molar-refractivity contribution is 9.11. The van der Waals surface area contributed by atoms with Gasteiger partial charge in [0.15, 0.2) is 0 Å². The quantitative estimate of drug-likeness (QED) is 0.766. The predicted octanol–water partition coefficient (Wildman–Crippen LogP) is 5.11. The van der Waals surface area contributed by atoms with Crippen LogP contribution >= 0.6 is 43.5 Å². The lowest BCUT2D eigenvalue weighted by molar-refractivity contribution is 0.566. The molecule has 1 heterocycles. The van der Waals surface area contributed by atoms with Crippen molar-refractivity contribution < 1.29 is 0 Å². The van der Waals surface area contributed by atoms with E-state index in [1.54, 1.807) is 6.20 Å². The summed E-state index contributed by atoms with van der Waals surface area (Å²) in [6.45, 7) is 2.83. The van der Waals surface area contributed by atoms with Gasteiger partial charge >= 0.3 is 0 Å². The maximum Gasteiger partial charge on any atom is 0.0684 e. The third kappa shape index (κ3) is 4.28. The van der Waals surface area contributed by atoms with E-state index >= 15 is 0 Å². The summed E-state index contributed by atoms with van der Waals surface area (Å²) in [6, 6.07) is 10.1. The third-order valence-corrected chi connectivity index (χ3v) is 4.20. The minimum Gasteiger partial charge on any atom is -0.305 e. The molecular weight excluding hydrogens is 391 g/mol. The van der Waals surface area contributed by atoms with E-state index in [1.165, 1.54) is 5.56 Å². The average molecular weight is 405 g/mol. The molecule has 1 N–H and O–H groups in total. The lowest BCUT2D eigenvalue weighted by Crippen LogP contribution is -2.19. The first-order chi connectivity index (χ1) is 9.06. The lowest BCUT2D eigenvalue weighted by Gasteiger charge is -2.14. The first kappa shape index (κ1) is 15.0. The normalized spacial score (nSPS) is 12.4. The van der Waals surface area contributed by atoms with E-state index in [2.05, 4.69) is 49.1 Å². The molecule has 2 nitrogen and oxygen atoms in total. The first-order valence-electron chi connectivity index (χ1n) is 5.85. The Labute approximate surface area is 134 Å². The average Bonchev–Trinajstić information content (AvgIpc) is 2.38. The van der Waals surface area contributed by atoms with Crippen molar-refractivity contribution in [2.45, 2.75) is 19.5 Å². The van der Waals surface area contributed by atoms with Crippen LogP contribution in [-0.4, -0.2) is 4.98 Å². The topological polar surface area (TPSA) is 24.9 Å². The Morgan fingerprint density at radius 2 is 1.95 bits per heavy atom. The molecule has 0 aliphatic heterocycles. The molecule has 2 rings (SSSR count). The van der Waals surface area contributed by atoms with E-state index in [0.717, 1.165) is 19.7 Å². The van der Waals surface area contributed by atoms with Gasteiger partial charge in [0.05, 0.1) is 5.69 Å². The van der Waals surface area contributed by atoms with E-state index in [9.17, 15) is 0 Å². The van der Waals surface area contributed by atoms with Crippen molar-refractivity contribution >= 4 is 43.5 Å². The molecule has 0 radical (unpaired) electrons. The van der Waals surface area contributed by atoms with Gasteiger partial charge in [0.1, 0.15) is 0 Å². The zero-order valence-corrected chi connectivity index (χ0v) is 14.3. The number of pyridine rings is 1. The summed E-state index contributed by atoms with van der Waals surface area (Å²) in [5, 5.41) is 4.20. The fraction of sp³-hybridized carbons (Fsp3) is 0.214. The Kier molecular flexibility index (Phi) is 5.39. The summed E-state index contributed by atoms with van der Waals surface area (Å²) in [4.78, 5) is 4.38. The summed E-state index contributed by atoms with van der Waals surface area (Å²) in [5.41, 5.74) is 2.20. The molecule has 0 saturated heterocycles. The number of rotatable bonds is 4.